The molecule has 2 rings (SSSR count). The molecule has 1 aromatic rings. The monoisotopic (exact) mass is 309 g/mol. The quantitative estimate of drug-likeness (QED) is 0.848. The van der Waals surface area contributed by atoms with E-state index in [1.807, 2.05) is 13.0 Å². The number of carboxylic acid groups (broad SMARTS) is 1. The minimum atomic E-state index is -0.837. The van der Waals surface area contributed by atoms with Crippen LogP contribution >= 0.6 is 11.3 Å². The molecule has 0 saturated heterocycles. The summed E-state index contributed by atoms with van der Waals surface area (Å²) in [6.07, 6.45) is 4.69. The Bertz CT molecular complexity index is 524. The van der Waals surface area contributed by atoms with E-state index in [1.54, 1.807) is 11.3 Å². The van der Waals surface area contributed by atoms with Crippen LogP contribution in [0.15, 0.2) is 6.07 Å². The predicted molar refractivity (Wildman–Crippen MR) is 83.9 cm³/mol. The van der Waals surface area contributed by atoms with Gasteiger partial charge in [-0.05, 0) is 43.2 Å². The van der Waals surface area contributed by atoms with Crippen molar-refractivity contribution in [1.82, 2.24) is 5.32 Å². The Morgan fingerprint density at radius 2 is 2.29 bits per heavy atom. The van der Waals surface area contributed by atoms with Crippen molar-refractivity contribution < 1.29 is 14.7 Å². The molecule has 0 aliphatic heterocycles. The minimum absolute atomic E-state index is 0.135. The lowest BCUT2D eigenvalue weighted by Crippen LogP contribution is -2.32. The van der Waals surface area contributed by atoms with Crippen LogP contribution in [0.3, 0.4) is 0 Å². The first-order chi connectivity index (χ1) is 10.0. The Morgan fingerprint density at radius 3 is 2.95 bits per heavy atom. The highest BCUT2D eigenvalue weighted by atomic mass is 32.1. The van der Waals surface area contributed by atoms with Crippen molar-refractivity contribution in [1.29, 1.82) is 0 Å². The zero-order valence-corrected chi connectivity index (χ0v) is 13.5. The lowest BCUT2D eigenvalue weighted by Gasteiger charge is -2.16. The molecular formula is C16H23NO3S. The fourth-order valence-electron chi connectivity index (χ4n) is 2.78. The van der Waals surface area contributed by atoms with E-state index in [0.717, 1.165) is 24.1 Å². The molecule has 1 aromatic heterocycles. The zero-order chi connectivity index (χ0) is 15.4. The highest BCUT2D eigenvalue weighted by molar-refractivity contribution is 7.14. The van der Waals surface area contributed by atoms with Crippen LogP contribution < -0.4 is 5.32 Å². The highest BCUT2D eigenvalue weighted by Gasteiger charge is 2.22. The summed E-state index contributed by atoms with van der Waals surface area (Å²) in [4.78, 5) is 25.3. The largest absolute Gasteiger partial charge is 0.481 e. The summed E-state index contributed by atoms with van der Waals surface area (Å²) in [5.41, 5.74) is 1.30. The number of fused-ring (bicyclic) bond motifs is 1. The first-order valence-electron chi connectivity index (χ1n) is 7.63. The Hall–Kier alpha value is -1.36. The van der Waals surface area contributed by atoms with E-state index in [2.05, 4.69) is 12.2 Å². The van der Waals surface area contributed by atoms with Crippen molar-refractivity contribution in [3.05, 3.63) is 21.4 Å². The van der Waals surface area contributed by atoms with Crippen LogP contribution in [-0.4, -0.2) is 23.5 Å². The van der Waals surface area contributed by atoms with E-state index >= 15 is 0 Å². The lowest BCUT2D eigenvalue weighted by molar-refractivity contribution is -0.141. The van der Waals surface area contributed by atoms with Crippen LogP contribution in [0.4, 0.5) is 0 Å². The summed E-state index contributed by atoms with van der Waals surface area (Å²) in [5.74, 6) is -0.779. The summed E-state index contributed by atoms with van der Waals surface area (Å²) in [6, 6.07) is 1.99. The number of aryl methyl sites for hydroxylation is 1. The molecule has 0 bridgehead atoms. The Kier molecular flexibility index (Phi) is 5.39. The van der Waals surface area contributed by atoms with Gasteiger partial charge in [0.25, 0.3) is 5.91 Å². The molecule has 1 aliphatic rings. The van der Waals surface area contributed by atoms with Crippen LogP contribution in [0.2, 0.25) is 0 Å². The van der Waals surface area contributed by atoms with Gasteiger partial charge in [0.05, 0.1) is 10.8 Å². The fraction of sp³-hybridized carbons (Fsp3) is 0.625. The molecule has 2 atom stereocenters. The third-order valence-electron chi connectivity index (χ3n) is 4.05. The minimum Gasteiger partial charge on any atom is -0.481 e. The van der Waals surface area contributed by atoms with E-state index < -0.39 is 11.9 Å². The topological polar surface area (TPSA) is 66.4 Å². The SMILES string of the molecule is CCCC(CNC(=O)c1cc2c(s1)CCC(C)C2)C(=O)O. The van der Waals surface area contributed by atoms with Gasteiger partial charge in [-0.15, -0.1) is 11.3 Å². The maximum absolute atomic E-state index is 12.2. The number of carbonyl (C=O) groups is 2. The number of thiophene rings is 1. The van der Waals surface area contributed by atoms with Crippen LogP contribution in [0.5, 0.6) is 0 Å². The molecule has 1 aliphatic carbocycles. The molecule has 21 heavy (non-hydrogen) atoms. The number of hydrogen-bond acceptors (Lipinski definition) is 3. The molecule has 1 heterocycles. The molecule has 0 fully saturated rings. The smallest absolute Gasteiger partial charge is 0.308 e. The van der Waals surface area contributed by atoms with E-state index in [-0.39, 0.29) is 12.5 Å². The Labute approximate surface area is 129 Å². The van der Waals surface area contributed by atoms with E-state index in [4.69, 9.17) is 5.11 Å². The molecule has 1 amide bonds. The van der Waals surface area contributed by atoms with Crippen molar-refractivity contribution in [2.75, 3.05) is 6.54 Å². The van der Waals surface area contributed by atoms with Crippen LogP contribution in [0.1, 0.15) is 53.2 Å². The standard InChI is InChI=1S/C16H23NO3S/c1-3-4-11(16(19)20)9-17-15(18)14-8-12-7-10(2)5-6-13(12)21-14/h8,10-11H,3-7,9H2,1-2H3,(H,17,18)(H,19,20). The van der Waals surface area contributed by atoms with Crippen molar-refractivity contribution in [3.63, 3.8) is 0 Å². The summed E-state index contributed by atoms with van der Waals surface area (Å²) in [7, 11) is 0. The maximum Gasteiger partial charge on any atom is 0.308 e. The van der Waals surface area contributed by atoms with Gasteiger partial charge in [0, 0.05) is 11.4 Å². The number of carbonyl (C=O) groups excluding carboxylic acids is 1. The average molecular weight is 309 g/mol. The van der Waals surface area contributed by atoms with Gasteiger partial charge >= 0.3 is 5.97 Å². The summed E-state index contributed by atoms with van der Waals surface area (Å²) >= 11 is 1.56. The second-order valence-electron chi connectivity index (χ2n) is 5.94. The summed E-state index contributed by atoms with van der Waals surface area (Å²) in [6.45, 7) is 4.40. The van der Waals surface area contributed by atoms with E-state index in [0.29, 0.717) is 12.3 Å². The van der Waals surface area contributed by atoms with Crippen LogP contribution in [0.25, 0.3) is 0 Å². The number of aliphatic carboxylic acids is 1. The van der Waals surface area contributed by atoms with E-state index in [1.165, 1.54) is 16.9 Å². The van der Waals surface area contributed by atoms with Crippen molar-refractivity contribution in [2.45, 2.75) is 46.0 Å². The van der Waals surface area contributed by atoms with Crippen molar-refractivity contribution >= 4 is 23.2 Å². The first kappa shape index (κ1) is 16.0. The molecular weight excluding hydrogens is 286 g/mol. The Balaban J connectivity index is 1.96. The third kappa shape index (κ3) is 4.06. The van der Waals surface area contributed by atoms with Gasteiger partial charge in [-0.3, -0.25) is 9.59 Å². The normalized spacial score (nSPS) is 18.9. The highest BCUT2D eigenvalue weighted by Crippen LogP contribution is 2.32. The van der Waals surface area contributed by atoms with Crippen molar-refractivity contribution in [2.24, 2.45) is 11.8 Å². The number of rotatable bonds is 6. The van der Waals surface area contributed by atoms with Crippen LogP contribution in [-0.2, 0) is 17.6 Å². The maximum atomic E-state index is 12.2. The summed E-state index contributed by atoms with van der Waals surface area (Å²) < 4.78 is 0. The van der Waals surface area contributed by atoms with Gasteiger partial charge in [0.15, 0.2) is 0 Å². The molecule has 0 saturated carbocycles. The predicted octanol–water partition coefficient (Wildman–Crippen LogP) is 3.10. The van der Waals surface area contributed by atoms with Gasteiger partial charge in [0.2, 0.25) is 0 Å². The number of hydrogen-bond donors (Lipinski definition) is 2. The van der Waals surface area contributed by atoms with Crippen molar-refractivity contribution in [3.8, 4) is 0 Å². The first-order valence-corrected chi connectivity index (χ1v) is 8.45. The van der Waals surface area contributed by atoms with Gasteiger partial charge < -0.3 is 10.4 Å². The van der Waals surface area contributed by atoms with Gasteiger partial charge in [-0.25, -0.2) is 0 Å². The van der Waals surface area contributed by atoms with Gasteiger partial charge in [-0.1, -0.05) is 20.3 Å². The molecule has 0 spiro atoms. The lowest BCUT2D eigenvalue weighted by atomic mass is 9.90. The zero-order valence-electron chi connectivity index (χ0n) is 12.6. The molecule has 5 heteroatoms. The molecule has 0 radical (unpaired) electrons. The average Bonchev–Trinajstić information content (AvgIpc) is 2.85. The molecule has 4 nitrogen and oxygen atoms in total. The number of nitrogens with one attached hydrogen (secondary N) is 1. The van der Waals surface area contributed by atoms with Gasteiger partial charge in [-0.2, -0.15) is 0 Å². The second-order valence-corrected chi connectivity index (χ2v) is 7.08. The molecule has 2 N–H and O–H groups in total. The second kappa shape index (κ2) is 7.07. The summed E-state index contributed by atoms with van der Waals surface area (Å²) in [5, 5.41) is 11.9. The number of amides is 1. The fourth-order valence-corrected chi connectivity index (χ4v) is 3.91. The van der Waals surface area contributed by atoms with E-state index in [9.17, 15) is 9.59 Å². The van der Waals surface area contributed by atoms with Crippen LogP contribution in [0, 0.1) is 11.8 Å². The molecule has 116 valence electrons. The Morgan fingerprint density at radius 1 is 1.52 bits per heavy atom. The number of carboxylic acids is 1. The van der Waals surface area contributed by atoms with Gasteiger partial charge in [0.1, 0.15) is 0 Å². The molecule has 2 unspecified atom stereocenters. The molecule has 0 aromatic carbocycles. The third-order valence-corrected chi connectivity index (χ3v) is 5.28.